The Bertz CT molecular complexity index is 1070. The van der Waals surface area contributed by atoms with Gasteiger partial charge >= 0.3 is 0 Å². The molecule has 1 saturated heterocycles. The summed E-state index contributed by atoms with van der Waals surface area (Å²) < 4.78 is 0. The van der Waals surface area contributed by atoms with Crippen LogP contribution in [0.1, 0.15) is 36.7 Å². The number of benzene rings is 1. The predicted molar refractivity (Wildman–Crippen MR) is 134 cm³/mol. The van der Waals surface area contributed by atoms with Crippen LogP contribution in [0, 0.1) is 5.41 Å². The van der Waals surface area contributed by atoms with Gasteiger partial charge in [-0.15, -0.1) is 0 Å². The number of pyridine rings is 1. The van der Waals surface area contributed by atoms with Gasteiger partial charge in [0, 0.05) is 76.3 Å². The standard InChI is InChI=1S/C25H32ClN5O2/c1-25(2,3)24(33)31-11-9-30(10-12-31)22-19(15-27-4)13-18(16-28-22)17-7-8-20(21(26)14-17)23(32)29(5)6/h7-8,13-16H,9-12H2,1-6H3. The van der Waals surface area contributed by atoms with Gasteiger partial charge in [0.15, 0.2) is 0 Å². The van der Waals surface area contributed by atoms with E-state index in [9.17, 15) is 9.59 Å². The van der Waals surface area contributed by atoms with Gasteiger partial charge in [0.2, 0.25) is 5.91 Å². The van der Waals surface area contributed by atoms with Crippen LogP contribution in [0.2, 0.25) is 5.02 Å². The van der Waals surface area contributed by atoms with Crippen molar-refractivity contribution in [2.24, 2.45) is 10.4 Å². The molecule has 3 rings (SSSR count). The van der Waals surface area contributed by atoms with Crippen LogP contribution in [-0.2, 0) is 4.79 Å². The molecule has 8 heteroatoms. The Balaban J connectivity index is 1.84. The van der Waals surface area contributed by atoms with Crippen molar-refractivity contribution in [1.29, 1.82) is 0 Å². The number of halogens is 1. The van der Waals surface area contributed by atoms with Gasteiger partial charge in [-0.1, -0.05) is 38.4 Å². The Morgan fingerprint density at radius 3 is 2.30 bits per heavy atom. The lowest BCUT2D eigenvalue weighted by atomic mass is 9.94. The largest absolute Gasteiger partial charge is 0.353 e. The lowest BCUT2D eigenvalue weighted by Crippen LogP contribution is -2.52. The van der Waals surface area contributed by atoms with E-state index in [-0.39, 0.29) is 17.2 Å². The monoisotopic (exact) mass is 469 g/mol. The number of hydrogen-bond donors (Lipinski definition) is 0. The highest BCUT2D eigenvalue weighted by atomic mass is 35.5. The molecule has 33 heavy (non-hydrogen) atoms. The first-order chi connectivity index (χ1) is 15.5. The van der Waals surface area contributed by atoms with Crippen molar-refractivity contribution in [3.8, 4) is 11.1 Å². The van der Waals surface area contributed by atoms with E-state index in [0.717, 1.165) is 22.5 Å². The third kappa shape index (κ3) is 5.53. The molecule has 0 bridgehead atoms. The average molecular weight is 470 g/mol. The highest BCUT2D eigenvalue weighted by Gasteiger charge is 2.30. The Morgan fingerprint density at radius 1 is 1.09 bits per heavy atom. The summed E-state index contributed by atoms with van der Waals surface area (Å²) in [6.07, 6.45) is 3.61. The van der Waals surface area contributed by atoms with Gasteiger partial charge in [-0.2, -0.15) is 0 Å². The molecule has 0 unspecified atom stereocenters. The normalized spacial score (nSPS) is 14.6. The van der Waals surface area contributed by atoms with E-state index in [1.165, 1.54) is 4.90 Å². The first kappa shape index (κ1) is 24.7. The molecule has 2 aromatic rings. The SMILES string of the molecule is CN=Cc1cc(-c2ccc(C(=O)N(C)C)c(Cl)c2)cnc1N1CCN(C(=O)C(C)(C)C)CC1. The van der Waals surface area contributed by atoms with Gasteiger partial charge in [0.25, 0.3) is 5.91 Å². The molecule has 0 atom stereocenters. The van der Waals surface area contributed by atoms with Gasteiger partial charge in [-0.3, -0.25) is 14.6 Å². The second-order valence-corrected chi connectivity index (χ2v) is 9.85. The molecule has 7 nitrogen and oxygen atoms in total. The van der Waals surface area contributed by atoms with Crippen LogP contribution >= 0.6 is 11.6 Å². The number of piperazine rings is 1. The highest BCUT2D eigenvalue weighted by molar-refractivity contribution is 6.34. The smallest absolute Gasteiger partial charge is 0.254 e. The van der Waals surface area contributed by atoms with Gasteiger partial charge in [-0.05, 0) is 23.8 Å². The molecule has 0 spiro atoms. The van der Waals surface area contributed by atoms with Crippen molar-refractivity contribution >= 4 is 35.4 Å². The summed E-state index contributed by atoms with van der Waals surface area (Å²) >= 11 is 6.41. The maximum Gasteiger partial charge on any atom is 0.254 e. The highest BCUT2D eigenvalue weighted by Crippen LogP contribution is 2.29. The Kier molecular flexibility index (Phi) is 7.42. The number of rotatable bonds is 4. The van der Waals surface area contributed by atoms with E-state index < -0.39 is 0 Å². The lowest BCUT2D eigenvalue weighted by molar-refractivity contribution is -0.139. The molecule has 2 heterocycles. The van der Waals surface area contributed by atoms with E-state index in [1.54, 1.807) is 39.5 Å². The number of carbonyl (C=O) groups excluding carboxylic acids is 2. The fourth-order valence-electron chi connectivity index (χ4n) is 3.84. The summed E-state index contributed by atoms with van der Waals surface area (Å²) in [4.78, 5) is 39.5. The number of amides is 2. The number of aromatic nitrogens is 1. The van der Waals surface area contributed by atoms with Gasteiger partial charge in [0.1, 0.15) is 5.82 Å². The van der Waals surface area contributed by atoms with Crippen molar-refractivity contribution in [3.63, 3.8) is 0 Å². The first-order valence-corrected chi connectivity index (χ1v) is 11.4. The molecular weight excluding hydrogens is 438 g/mol. The van der Waals surface area contributed by atoms with Gasteiger partial charge < -0.3 is 14.7 Å². The first-order valence-electron chi connectivity index (χ1n) is 11.0. The minimum atomic E-state index is -0.379. The summed E-state index contributed by atoms with van der Waals surface area (Å²) in [5.41, 5.74) is 2.75. The molecule has 1 aromatic carbocycles. The van der Waals surface area contributed by atoms with Gasteiger partial charge in [0.05, 0.1) is 10.6 Å². The van der Waals surface area contributed by atoms with Crippen LogP contribution in [0.15, 0.2) is 35.5 Å². The van der Waals surface area contributed by atoms with Crippen molar-refractivity contribution < 1.29 is 9.59 Å². The molecule has 0 aliphatic carbocycles. The second kappa shape index (κ2) is 9.91. The Morgan fingerprint density at radius 2 is 1.76 bits per heavy atom. The molecule has 0 radical (unpaired) electrons. The molecule has 1 aromatic heterocycles. The predicted octanol–water partition coefficient (Wildman–Crippen LogP) is 3.85. The third-order valence-corrected chi connectivity index (χ3v) is 5.92. The third-order valence-electron chi connectivity index (χ3n) is 5.61. The average Bonchev–Trinajstić information content (AvgIpc) is 2.77. The fraction of sp³-hybridized carbons (Fsp3) is 0.440. The number of nitrogens with zero attached hydrogens (tertiary/aromatic N) is 5. The van der Waals surface area contributed by atoms with E-state index in [4.69, 9.17) is 16.6 Å². The van der Waals surface area contributed by atoms with Crippen LogP contribution in [0.25, 0.3) is 11.1 Å². The molecule has 0 N–H and O–H groups in total. The topological polar surface area (TPSA) is 69.1 Å². The zero-order valence-corrected chi connectivity index (χ0v) is 21.0. The van der Waals surface area contributed by atoms with Crippen molar-refractivity contribution in [1.82, 2.24) is 14.8 Å². The summed E-state index contributed by atoms with van der Waals surface area (Å²) in [6, 6.07) is 7.44. The Labute approximate surface area is 201 Å². The van der Waals surface area contributed by atoms with Crippen molar-refractivity contribution in [2.45, 2.75) is 20.8 Å². The molecule has 1 fully saturated rings. The lowest BCUT2D eigenvalue weighted by Gasteiger charge is -2.38. The van der Waals surface area contributed by atoms with Crippen LogP contribution in [-0.4, -0.2) is 80.1 Å². The van der Waals surface area contributed by atoms with E-state index in [1.807, 2.05) is 44.0 Å². The number of aliphatic imine (C=N–C) groups is 1. The Hall–Kier alpha value is -2.93. The van der Waals surface area contributed by atoms with E-state index in [0.29, 0.717) is 36.8 Å². The summed E-state index contributed by atoms with van der Waals surface area (Å²) in [5.74, 6) is 0.884. The van der Waals surface area contributed by atoms with Crippen molar-refractivity contribution in [2.75, 3.05) is 52.2 Å². The van der Waals surface area contributed by atoms with E-state index >= 15 is 0 Å². The van der Waals surface area contributed by atoms with Crippen LogP contribution in [0.4, 0.5) is 5.82 Å². The summed E-state index contributed by atoms with van der Waals surface area (Å²) in [5, 5.41) is 0.403. The maximum atomic E-state index is 12.6. The zero-order valence-electron chi connectivity index (χ0n) is 20.2. The molecule has 2 amide bonds. The zero-order chi connectivity index (χ0) is 24.3. The summed E-state index contributed by atoms with van der Waals surface area (Å²) in [7, 11) is 5.13. The molecule has 176 valence electrons. The number of hydrogen-bond acceptors (Lipinski definition) is 5. The molecular formula is C25H32ClN5O2. The maximum absolute atomic E-state index is 12.6. The summed E-state index contributed by atoms with van der Waals surface area (Å²) in [6.45, 7) is 8.61. The number of carbonyl (C=O) groups is 2. The van der Waals surface area contributed by atoms with Crippen molar-refractivity contribution in [3.05, 3.63) is 46.6 Å². The minimum absolute atomic E-state index is 0.136. The number of anilines is 1. The van der Waals surface area contributed by atoms with E-state index in [2.05, 4.69) is 9.89 Å². The molecule has 0 saturated carbocycles. The minimum Gasteiger partial charge on any atom is -0.353 e. The quantitative estimate of drug-likeness (QED) is 0.638. The van der Waals surface area contributed by atoms with Crippen LogP contribution in [0.5, 0.6) is 0 Å². The fourth-order valence-corrected chi connectivity index (χ4v) is 4.10. The van der Waals surface area contributed by atoms with Gasteiger partial charge in [-0.25, -0.2) is 4.98 Å². The second-order valence-electron chi connectivity index (χ2n) is 9.45. The van der Waals surface area contributed by atoms with Crippen LogP contribution < -0.4 is 4.90 Å². The molecule has 1 aliphatic heterocycles. The van der Waals surface area contributed by atoms with Crippen LogP contribution in [0.3, 0.4) is 0 Å². The molecule has 1 aliphatic rings.